The third kappa shape index (κ3) is 3.38. The minimum atomic E-state index is -0.740. The lowest BCUT2D eigenvalue weighted by Gasteiger charge is -2.15. The fourth-order valence-corrected chi connectivity index (χ4v) is 2.05. The van der Waals surface area contributed by atoms with Crippen LogP contribution in [0.15, 0.2) is 12.7 Å². The molecule has 2 N–H and O–H groups in total. The summed E-state index contributed by atoms with van der Waals surface area (Å²) in [6, 6.07) is 0. The molecule has 0 aromatic heterocycles. The molecule has 4 nitrogen and oxygen atoms in total. The molecule has 0 aromatic carbocycles. The number of carbonyl (C=O) groups is 2. The van der Waals surface area contributed by atoms with Crippen LogP contribution in [0.3, 0.4) is 0 Å². The highest BCUT2D eigenvalue weighted by Crippen LogP contribution is 2.31. The molecule has 0 aliphatic heterocycles. The van der Waals surface area contributed by atoms with Gasteiger partial charge in [-0.05, 0) is 18.8 Å². The van der Waals surface area contributed by atoms with Crippen LogP contribution in [0.2, 0.25) is 0 Å². The van der Waals surface area contributed by atoms with Gasteiger partial charge >= 0.3 is 5.97 Å². The summed E-state index contributed by atoms with van der Waals surface area (Å²) in [6.45, 7) is 3.94. The van der Waals surface area contributed by atoms with Crippen LogP contribution in [0.1, 0.15) is 25.7 Å². The van der Waals surface area contributed by atoms with Crippen molar-refractivity contribution in [1.82, 2.24) is 5.32 Å². The van der Waals surface area contributed by atoms with Gasteiger partial charge in [-0.2, -0.15) is 0 Å². The van der Waals surface area contributed by atoms with Crippen molar-refractivity contribution in [3.05, 3.63) is 12.7 Å². The van der Waals surface area contributed by atoms with Crippen molar-refractivity contribution in [2.45, 2.75) is 25.7 Å². The highest BCUT2D eigenvalue weighted by atomic mass is 16.4. The summed E-state index contributed by atoms with van der Waals surface area (Å²) in [6.07, 6.45) is 4.41. The summed E-state index contributed by atoms with van der Waals surface area (Å²) in [5.74, 6) is -1.01. The van der Waals surface area contributed by atoms with Crippen LogP contribution in [-0.4, -0.2) is 23.5 Å². The molecule has 0 heterocycles. The smallest absolute Gasteiger partial charge is 0.306 e. The van der Waals surface area contributed by atoms with Gasteiger partial charge in [-0.1, -0.05) is 12.5 Å². The Morgan fingerprint density at radius 3 is 2.80 bits per heavy atom. The first-order chi connectivity index (χ1) is 7.15. The average molecular weight is 211 g/mol. The zero-order chi connectivity index (χ0) is 11.3. The van der Waals surface area contributed by atoms with Crippen LogP contribution in [0, 0.1) is 11.8 Å². The topological polar surface area (TPSA) is 66.4 Å². The number of hydrogen-bond donors (Lipinski definition) is 2. The van der Waals surface area contributed by atoms with Crippen LogP contribution >= 0.6 is 0 Å². The molecule has 15 heavy (non-hydrogen) atoms. The maximum Gasteiger partial charge on any atom is 0.306 e. The van der Waals surface area contributed by atoms with Gasteiger partial charge in [0.2, 0.25) is 5.91 Å². The van der Waals surface area contributed by atoms with E-state index in [4.69, 9.17) is 5.11 Å². The van der Waals surface area contributed by atoms with E-state index in [9.17, 15) is 9.59 Å². The van der Waals surface area contributed by atoms with E-state index in [1.54, 1.807) is 6.08 Å². The van der Waals surface area contributed by atoms with Gasteiger partial charge in [0.25, 0.3) is 0 Å². The highest BCUT2D eigenvalue weighted by molar-refractivity contribution is 5.77. The molecular weight excluding hydrogens is 194 g/mol. The van der Waals surface area contributed by atoms with E-state index in [0.717, 1.165) is 19.3 Å². The number of carboxylic acids is 1. The van der Waals surface area contributed by atoms with Gasteiger partial charge in [0.05, 0.1) is 5.92 Å². The number of nitrogens with one attached hydrogen (secondary N) is 1. The number of hydrogen-bond acceptors (Lipinski definition) is 2. The van der Waals surface area contributed by atoms with Gasteiger partial charge < -0.3 is 10.4 Å². The fraction of sp³-hybridized carbons (Fsp3) is 0.636. The Balaban J connectivity index is 2.34. The first-order valence-corrected chi connectivity index (χ1v) is 5.25. The molecule has 84 valence electrons. The molecule has 1 saturated carbocycles. The summed E-state index contributed by atoms with van der Waals surface area (Å²) < 4.78 is 0. The Morgan fingerprint density at radius 2 is 2.20 bits per heavy atom. The lowest BCUT2D eigenvalue weighted by Crippen LogP contribution is -2.32. The Labute approximate surface area is 89.4 Å². The minimum absolute atomic E-state index is 0.0824. The third-order valence-electron chi connectivity index (χ3n) is 2.87. The van der Waals surface area contributed by atoms with Crippen molar-refractivity contribution in [1.29, 1.82) is 0 Å². The van der Waals surface area contributed by atoms with Crippen LogP contribution < -0.4 is 5.32 Å². The number of amides is 1. The molecule has 1 rings (SSSR count). The lowest BCUT2D eigenvalue weighted by molar-refractivity contribution is -0.143. The van der Waals surface area contributed by atoms with E-state index in [-0.39, 0.29) is 17.7 Å². The fourth-order valence-electron chi connectivity index (χ4n) is 2.05. The van der Waals surface area contributed by atoms with E-state index >= 15 is 0 Å². The second-order valence-corrected chi connectivity index (χ2v) is 3.93. The SMILES string of the molecule is C=CCC(=O)NCC1CCCC1C(=O)O. The Bertz CT molecular complexity index is 263. The monoisotopic (exact) mass is 211 g/mol. The number of carbonyl (C=O) groups excluding carboxylic acids is 1. The number of rotatable bonds is 5. The van der Waals surface area contributed by atoms with Crippen LogP contribution in [0.25, 0.3) is 0 Å². The average Bonchev–Trinajstić information content (AvgIpc) is 2.63. The van der Waals surface area contributed by atoms with E-state index in [0.29, 0.717) is 13.0 Å². The molecule has 1 aliphatic rings. The Morgan fingerprint density at radius 1 is 1.47 bits per heavy atom. The highest BCUT2D eigenvalue weighted by Gasteiger charge is 2.32. The van der Waals surface area contributed by atoms with Gasteiger partial charge in [0.15, 0.2) is 0 Å². The van der Waals surface area contributed by atoms with E-state index in [1.165, 1.54) is 0 Å². The molecule has 1 aliphatic carbocycles. The van der Waals surface area contributed by atoms with Crippen LogP contribution in [0.4, 0.5) is 0 Å². The van der Waals surface area contributed by atoms with Gasteiger partial charge in [-0.25, -0.2) is 0 Å². The van der Waals surface area contributed by atoms with Gasteiger partial charge in [0, 0.05) is 13.0 Å². The predicted molar refractivity (Wildman–Crippen MR) is 56.3 cm³/mol. The lowest BCUT2D eigenvalue weighted by atomic mass is 9.96. The van der Waals surface area contributed by atoms with Gasteiger partial charge in [-0.15, -0.1) is 6.58 Å². The number of carboxylic acid groups (broad SMARTS) is 1. The van der Waals surface area contributed by atoms with Crippen LogP contribution in [0.5, 0.6) is 0 Å². The zero-order valence-corrected chi connectivity index (χ0v) is 8.74. The minimum Gasteiger partial charge on any atom is -0.481 e. The summed E-state index contributed by atoms with van der Waals surface area (Å²) in [4.78, 5) is 22.0. The summed E-state index contributed by atoms with van der Waals surface area (Å²) in [5, 5.41) is 11.7. The molecule has 0 saturated heterocycles. The van der Waals surface area contributed by atoms with Crippen molar-refractivity contribution in [2.24, 2.45) is 11.8 Å². The predicted octanol–water partition coefficient (Wildman–Crippen LogP) is 1.18. The van der Waals surface area contributed by atoms with Crippen molar-refractivity contribution in [2.75, 3.05) is 6.54 Å². The maximum atomic E-state index is 11.1. The van der Waals surface area contributed by atoms with Gasteiger partial charge in [0.1, 0.15) is 0 Å². The molecule has 0 radical (unpaired) electrons. The number of aliphatic carboxylic acids is 1. The molecule has 1 fully saturated rings. The van der Waals surface area contributed by atoms with E-state index < -0.39 is 5.97 Å². The van der Waals surface area contributed by atoms with Crippen molar-refractivity contribution in [3.63, 3.8) is 0 Å². The van der Waals surface area contributed by atoms with Gasteiger partial charge in [-0.3, -0.25) is 9.59 Å². The Kier molecular flexibility index (Phi) is 4.34. The maximum absolute atomic E-state index is 11.1. The molecule has 0 spiro atoms. The summed E-state index contributed by atoms with van der Waals surface area (Å²) in [7, 11) is 0. The van der Waals surface area contributed by atoms with Crippen LogP contribution in [-0.2, 0) is 9.59 Å². The summed E-state index contributed by atoms with van der Waals surface area (Å²) >= 11 is 0. The van der Waals surface area contributed by atoms with E-state index in [2.05, 4.69) is 11.9 Å². The standard InChI is InChI=1S/C11H17NO3/c1-2-4-10(13)12-7-8-5-3-6-9(8)11(14)15/h2,8-9H,1,3-7H2,(H,12,13)(H,14,15). The molecule has 4 heteroatoms. The molecule has 0 bridgehead atoms. The normalized spacial score (nSPS) is 24.8. The first kappa shape index (κ1) is 11.8. The second kappa shape index (κ2) is 5.53. The Hall–Kier alpha value is -1.32. The zero-order valence-electron chi connectivity index (χ0n) is 8.74. The summed E-state index contributed by atoms with van der Waals surface area (Å²) in [5.41, 5.74) is 0. The molecular formula is C11H17NO3. The molecule has 0 aromatic rings. The first-order valence-electron chi connectivity index (χ1n) is 5.25. The quantitative estimate of drug-likeness (QED) is 0.671. The molecule has 1 amide bonds. The second-order valence-electron chi connectivity index (χ2n) is 3.93. The van der Waals surface area contributed by atoms with Crippen molar-refractivity contribution < 1.29 is 14.7 Å². The van der Waals surface area contributed by atoms with E-state index in [1.807, 2.05) is 0 Å². The molecule has 2 atom stereocenters. The largest absolute Gasteiger partial charge is 0.481 e. The van der Waals surface area contributed by atoms with Crippen molar-refractivity contribution in [3.8, 4) is 0 Å². The molecule has 2 unspecified atom stereocenters. The van der Waals surface area contributed by atoms with Crippen molar-refractivity contribution >= 4 is 11.9 Å². The third-order valence-corrected chi connectivity index (χ3v) is 2.87.